The number of thioether (sulfide) groups is 2. The van der Waals surface area contributed by atoms with Crippen LogP contribution in [0, 0.1) is 13.8 Å². The second-order valence-electron chi connectivity index (χ2n) is 16.8. The fourth-order valence-electron chi connectivity index (χ4n) is 9.56. The molecule has 4 atom stereocenters. The van der Waals surface area contributed by atoms with Gasteiger partial charge in [0, 0.05) is 114 Å². The first kappa shape index (κ1) is 55.9. The lowest BCUT2D eigenvalue weighted by Crippen LogP contribution is -2.51. The fourth-order valence-corrected chi connectivity index (χ4v) is 11.5. The number of amides is 2. The molecule has 0 saturated carbocycles. The van der Waals surface area contributed by atoms with Gasteiger partial charge in [0.15, 0.2) is 0 Å². The summed E-state index contributed by atoms with van der Waals surface area (Å²) in [5.74, 6) is 6.78. The van der Waals surface area contributed by atoms with E-state index in [-0.39, 0.29) is 97.0 Å². The highest BCUT2D eigenvalue weighted by Gasteiger charge is 2.38. The molecule has 0 spiro atoms. The summed E-state index contributed by atoms with van der Waals surface area (Å²) < 4.78 is 4.12. The van der Waals surface area contributed by atoms with E-state index in [1.54, 1.807) is 0 Å². The molecule has 2 amide bonds. The quantitative estimate of drug-likeness (QED) is 0.215. The first-order chi connectivity index (χ1) is 29.4. The molecule has 2 aromatic carbocycles. The minimum Gasteiger partial charge on any atom is -0.354 e. The number of carbonyl (C=O) groups is 2. The molecule has 14 nitrogen and oxygen atoms in total. The third kappa shape index (κ3) is 13.4. The molecule has 65 heavy (non-hydrogen) atoms. The van der Waals surface area contributed by atoms with Gasteiger partial charge in [0.25, 0.3) is 0 Å². The van der Waals surface area contributed by atoms with Crippen molar-refractivity contribution in [2.75, 3.05) is 112 Å². The molecule has 21 heteroatoms. The van der Waals surface area contributed by atoms with Crippen LogP contribution in [-0.4, -0.2) is 177 Å². The van der Waals surface area contributed by atoms with E-state index >= 15 is 0 Å². The van der Waals surface area contributed by atoms with Crippen LogP contribution in [-0.2, 0) is 9.59 Å². The number of nitrogens with zero attached hydrogens (tertiary/aromatic N) is 10. The molecule has 0 aliphatic carbocycles. The average Bonchev–Trinajstić information content (AvgIpc) is 4.16. The van der Waals surface area contributed by atoms with Crippen LogP contribution in [0.3, 0.4) is 0 Å². The van der Waals surface area contributed by atoms with Crippen LogP contribution in [0.4, 0.5) is 11.6 Å². The molecule has 6 saturated heterocycles. The highest BCUT2D eigenvalue weighted by Crippen LogP contribution is 2.27. The third-order valence-corrected chi connectivity index (χ3v) is 14.8. The maximum atomic E-state index is 12.7. The summed E-state index contributed by atoms with van der Waals surface area (Å²) in [7, 11) is 0. The average molecular weight is 1260 g/mol. The Hall–Kier alpha value is -1.66. The van der Waals surface area contributed by atoms with Crippen LogP contribution in [0.5, 0.6) is 0 Å². The van der Waals surface area contributed by atoms with Crippen molar-refractivity contribution in [3.63, 3.8) is 0 Å². The number of aryl methyl sites for hydroxylation is 2. The zero-order valence-electron chi connectivity index (χ0n) is 37.1. The Kier molecular flexibility index (Phi) is 22.7. The summed E-state index contributed by atoms with van der Waals surface area (Å²) in [6.07, 6.45) is 1.86. The maximum absolute atomic E-state index is 12.7. The molecule has 0 radical (unpaired) electrons. The highest BCUT2D eigenvalue weighted by molar-refractivity contribution is 8.93. The summed E-state index contributed by atoms with van der Waals surface area (Å²) in [5, 5.41) is 16.4. The molecule has 4 aromatic rings. The standard InChI is InChI=1S/2C22H30N6OS.5BrH/c2*1-17-13-21(28(24-17)18-5-3-2-4-6-18)26-9-7-25(8-10-26)19-14-20(23-15-19)22(29)27-11-12-30-16-27;;;;;/h2*2-6,13,19-20,23H,7-12,14-16H2,1H3;5*1H. The minimum absolute atomic E-state index is 0. The molecule has 10 rings (SSSR count). The Morgan fingerprint density at radius 1 is 0.538 bits per heavy atom. The van der Waals surface area contributed by atoms with Gasteiger partial charge in [0.1, 0.15) is 11.6 Å². The van der Waals surface area contributed by atoms with Gasteiger partial charge >= 0.3 is 0 Å². The predicted molar refractivity (Wildman–Crippen MR) is 294 cm³/mol. The smallest absolute Gasteiger partial charge is 0.240 e. The molecular weight excluding hydrogens is 1190 g/mol. The van der Waals surface area contributed by atoms with E-state index in [2.05, 4.69) is 114 Å². The number of anilines is 2. The molecule has 6 aliphatic rings. The largest absolute Gasteiger partial charge is 0.354 e. The van der Waals surface area contributed by atoms with Gasteiger partial charge < -0.3 is 30.2 Å². The Balaban J connectivity index is 0.000000264. The zero-order valence-corrected chi connectivity index (χ0v) is 47.3. The van der Waals surface area contributed by atoms with Crippen LogP contribution in [0.25, 0.3) is 11.4 Å². The van der Waals surface area contributed by atoms with Crippen molar-refractivity contribution < 1.29 is 9.59 Å². The van der Waals surface area contributed by atoms with Gasteiger partial charge in [0.05, 0.1) is 46.6 Å². The summed E-state index contributed by atoms with van der Waals surface area (Å²) in [6, 6.07) is 26.0. The number of aromatic nitrogens is 4. The predicted octanol–water partition coefficient (Wildman–Crippen LogP) is 6.02. The number of rotatable bonds is 8. The van der Waals surface area contributed by atoms with Gasteiger partial charge in [-0.1, -0.05) is 36.4 Å². The van der Waals surface area contributed by atoms with Gasteiger partial charge in [0.2, 0.25) is 11.8 Å². The summed E-state index contributed by atoms with van der Waals surface area (Å²) in [5.41, 5.74) is 4.28. The summed E-state index contributed by atoms with van der Waals surface area (Å²) in [6.45, 7) is 15.8. The molecular formula is C44H65Br5N12O2S2. The second-order valence-corrected chi connectivity index (χ2v) is 19.0. The number of halogens is 5. The lowest BCUT2D eigenvalue weighted by Gasteiger charge is -2.38. The fraction of sp³-hybridized carbons (Fsp3) is 0.545. The number of hydrogen-bond donors (Lipinski definition) is 2. The number of piperazine rings is 2. The van der Waals surface area contributed by atoms with Gasteiger partial charge in [-0.3, -0.25) is 19.4 Å². The zero-order chi connectivity index (χ0) is 41.0. The molecule has 360 valence electrons. The molecule has 6 fully saturated rings. The Bertz CT molecular complexity index is 1920. The molecule has 0 bridgehead atoms. The molecule has 6 aliphatic heterocycles. The first-order valence-electron chi connectivity index (χ1n) is 21.8. The van der Waals surface area contributed by atoms with Crippen molar-refractivity contribution in [2.45, 2.75) is 50.9 Å². The lowest BCUT2D eigenvalue weighted by molar-refractivity contribution is -0.132. The van der Waals surface area contributed by atoms with Crippen molar-refractivity contribution in [3.05, 3.63) is 84.2 Å². The van der Waals surface area contributed by atoms with Gasteiger partial charge in [-0.15, -0.1) is 108 Å². The Morgan fingerprint density at radius 2 is 0.908 bits per heavy atom. The maximum Gasteiger partial charge on any atom is 0.240 e. The van der Waals surface area contributed by atoms with Crippen LogP contribution in [0.1, 0.15) is 24.2 Å². The van der Waals surface area contributed by atoms with Crippen LogP contribution >= 0.6 is 108 Å². The van der Waals surface area contributed by atoms with Crippen molar-refractivity contribution in [2.24, 2.45) is 0 Å². The van der Waals surface area contributed by atoms with Crippen molar-refractivity contribution in [1.82, 2.24) is 49.8 Å². The van der Waals surface area contributed by atoms with E-state index in [1.807, 2.05) is 45.5 Å². The van der Waals surface area contributed by atoms with Crippen molar-refractivity contribution >= 4 is 132 Å². The van der Waals surface area contributed by atoms with E-state index in [0.717, 1.165) is 137 Å². The molecule has 8 heterocycles. The van der Waals surface area contributed by atoms with Crippen LogP contribution in [0.2, 0.25) is 0 Å². The van der Waals surface area contributed by atoms with Crippen LogP contribution < -0.4 is 20.4 Å². The number of benzene rings is 2. The molecule has 2 N–H and O–H groups in total. The van der Waals surface area contributed by atoms with Gasteiger partial charge in [-0.2, -0.15) is 10.2 Å². The van der Waals surface area contributed by atoms with E-state index in [0.29, 0.717) is 23.9 Å². The minimum atomic E-state index is -0.00566. The SMILES string of the molecule is Br.Br.Br.Br.Br.Cc1cc(N2CCN(C3CNC(C(=O)N4CCSC4)C3)CC2)n(-c2ccccc2)n1.Cc1cc(N2CCN(C3CNC(C(=O)N4CCSC4)C3)CC2)n(-c2ccccc2)n1. The first-order valence-corrected chi connectivity index (χ1v) is 24.1. The topological polar surface area (TPSA) is 113 Å². The van der Waals surface area contributed by atoms with E-state index < -0.39 is 0 Å². The lowest BCUT2D eigenvalue weighted by atomic mass is 10.1. The normalized spacial score (nSPS) is 23.3. The van der Waals surface area contributed by atoms with Crippen molar-refractivity contribution in [3.8, 4) is 11.4 Å². The number of para-hydroxylation sites is 2. The molecule has 2 aromatic heterocycles. The van der Waals surface area contributed by atoms with Crippen LogP contribution in [0.15, 0.2) is 72.8 Å². The Labute approximate surface area is 445 Å². The molecule has 4 unspecified atom stereocenters. The Morgan fingerprint density at radius 3 is 1.25 bits per heavy atom. The van der Waals surface area contributed by atoms with Crippen molar-refractivity contribution in [1.29, 1.82) is 0 Å². The number of nitrogens with one attached hydrogen (secondary N) is 2. The third-order valence-electron chi connectivity index (χ3n) is 12.9. The number of carbonyl (C=O) groups excluding carboxylic acids is 2. The van der Waals surface area contributed by atoms with Gasteiger partial charge in [-0.05, 0) is 51.0 Å². The van der Waals surface area contributed by atoms with Gasteiger partial charge in [-0.25, -0.2) is 9.36 Å². The van der Waals surface area contributed by atoms with E-state index in [1.165, 1.54) is 11.6 Å². The second kappa shape index (κ2) is 26.4. The van der Waals surface area contributed by atoms with E-state index in [4.69, 9.17) is 10.2 Å². The highest BCUT2D eigenvalue weighted by atomic mass is 79.9. The summed E-state index contributed by atoms with van der Waals surface area (Å²) >= 11 is 3.70. The number of hydrogen-bond acceptors (Lipinski definition) is 12. The van der Waals surface area contributed by atoms with E-state index in [9.17, 15) is 9.59 Å². The monoisotopic (exact) mass is 1250 g/mol. The summed E-state index contributed by atoms with van der Waals surface area (Å²) in [4.78, 5) is 39.4.